The normalized spacial score (nSPS) is 15.3. The van der Waals surface area contributed by atoms with Crippen molar-refractivity contribution in [3.63, 3.8) is 0 Å². The maximum Gasteiger partial charge on any atom is 0.322 e. The predicted molar refractivity (Wildman–Crippen MR) is 129 cm³/mol. The van der Waals surface area contributed by atoms with Gasteiger partial charge in [0.05, 0.1) is 9.79 Å². The number of sulfonamides is 1. The molecule has 0 atom stereocenters. The van der Waals surface area contributed by atoms with Gasteiger partial charge in [-0.15, -0.1) is 5.10 Å². The topological polar surface area (TPSA) is 140 Å². The van der Waals surface area contributed by atoms with Crippen LogP contribution in [0.4, 0.5) is 6.01 Å². The Labute approximate surface area is 204 Å². The lowest BCUT2D eigenvalue weighted by Gasteiger charge is -2.30. The van der Waals surface area contributed by atoms with Gasteiger partial charge in [0.15, 0.2) is 9.84 Å². The summed E-state index contributed by atoms with van der Waals surface area (Å²) in [4.78, 5) is 12.9. The largest absolute Gasteiger partial charge is 0.403 e. The Morgan fingerprint density at radius 3 is 2.11 bits per heavy atom. The van der Waals surface area contributed by atoms with Crippen molar-refractivity contribution in [3.8, 4) is 11.5 Å². The number of aromatic nitrogens is 2. The second-order valence-electron chi connectivity index (χ2n) is 8.50. The maximum absolute atomic E-state index is 13.0. The second kappa shape index (κ2) is 9.88. The van der Waals surface area contributed by atoms with Crippen LogP contribution in [0.3, 0.4) is 0 Å². The molecule has 1 amide bonds. The fourth-order valence-electron chi connectivity index (χ4n) is 3.99. The van der Waals surface area contributed by atoms with Crippen molar-refractivity contribution in [2.24, 2.45) is 0 Å². The van der Waals surface area contributed by atoms with Crippen molar-refractivity contribution in [2.75, 3.05) is 18.6 Å². The Kier molecular flexibility index (Phi) is 7.06. The smallest absolute Gasteiger partial charge is 0.322 e. The highest BCUT2D eigenvalue weighted by molar-refractivity contribution is 7.90. The summed E-state index contributed by atoms with van der Waals surface area (Å²) in [6.07, 6.45) is 5.99. The van der Waals surface area contributed by atoms with Crippen LogP contribution in [0.5, 0.6) is 0 Å². The highest BCUT2D eigenvalue weighted by Crippen LogP contribution is 2.27. The fraction of sp³-hybridized carbons (Fsp3) is 0.348. The number of rotatable bonds is 7. The molecular formula is C23H26N4O6S2. The SMILES string of the molecule is CN(C1CCCCC1)S(=O)(=O)c1ccc(C(=O)Nc2nnc(-c3ccc(S(C)(=O)=O)cc3)o2)cc1. The lowest BCUT2D eigenvalue weighted by Crippen LogP contribution is -2.38. The monoisotopic (exact) mass is 518 g/mol. The number of amides is 1. The molecule has 4 rings (SSSR count). The molecule has 1 aliphatic carbocycles. The molecule has 0 saturated heterocycles. The van der Waals surface area contributed by atoms with Crippen LogP contribution in [0.15, 0.2) is 62.7 Å². The standard InChI is InChI=1S/C23H26N4O6S2/c1-27(18-6-4-3-5-7-18)35(31,32)20-14-8-16(9-15-20)21(28)24-23-26-25-22(33-23)17-10-12-19(13-11-17)34(2,29)30/h8-15,18H,3-7H2,1-2H3,(H,24,26,28). The van der Waals surface area contributed by atoms with E-state index in [1.165, 1.54) is 52.8 Å². The number of carbonyl (C=O) groups is 1. The van der Waals surface area contributed by atoms with Gasteiger partial charge in [-0.25, -0.2) is 16.8 Å². The fourth-order valence-corrected chi connectivity index (χ4v) is 6.04. The minimum atomic E-state index is -3.66. The van der Waals surface area contributed by atoms with Gasteiger partial charge in [-0.3, -0.25) is 10.1 Å². The van der Waals surface area contributed by atoms with Gasteiger partial charge in [0.2, 0.25) is 15.9 Å². The zero-order valence-electron chi connectivity index (χ0n) is 19.3. The highest BCUT2D eigenvalue weighted by Gasteiger charge is 2.29. The van der Waals surface area contributed by atoms with Gasteiger partial charge in [-0.1, -0.05) is 24.4 Å². The zero-order valence-corrected chi connectivity index (χ0v) is 21.0. The molecule has 2 aromatic carbocycles. The molecule has 186 valence electrons. The van der Waals surface area contributed by atoms with Crippen LogP contribution in [0.25, 0.3) is 11.5 Å². The first kappa shape index (κ1) is 25.0. The number of hydrogen-bond acceptors (Lipinski definition) is 8. The van der Waals surface area contributed by atoms with Crippen molar-refractivity contribution in [2.45, 2.75) is 47.9 Å². The first-order valence-electron chi connectivity index (χ1n) is 11.1. The van der Waals surface area contributed by atoms with Crippen molar-refractivity contribution in [1.82, 2.24) is 14.5 Å². The Morgan fingerprint density at radius 1 is 0.914 bits per heavy atom. The summed E-state index contributed by atoms with van der Waals surface area (Å²) in [6, 6.07) is 11.4. The average Bonchev–Trinajstić information content (AvgIpc) is 3.32. The van der Waals surface area contributed by atoms with Crippen LogP contribution in [0.1, 0.15) is 42.5 Å². The number of carbonyl (C=O) groups excluding carboxylic acids is 1. The van der Waals surface area contributed by atoms with E-state index in [-0.39, 0.29) is 33.3 Å². The van der Waals surface area contributed by atoms with Gasteiger partial charge >= 0.3 is 6.01 Å². The van der Waals surface area contributed by atoms with E-state index in [0.717, 1.165) is 38.4 Å². The summed E-state index contributed by atoms with van der Waals surface area (Å²) in [5.74, 6) is -0.440. The lowest BCUT2D eigenvalue weighted by atomic mass is 9.96. The lowest BCUT2D eigenvalue weighted by molar-refractivity contribution is 0.102. The molecule has 0 aliphatic heterocycles. The van der Waals surface area contributed by atoms with E-state index in [9.17, 15) is 21.6 Å². The molecule has 1 aliphatic rings. The zero-order chi connectivity index (χ0) is 25.2. The van der Waals surface area contributed by atoms with Crippen LogP contribution < -0.4 is 5.32 Å². The molecule has 0 bridgehead atoms. The molecule has 0 radical (unpaired) electrons. The Morgan fingerprint density at radius 2 is 1.51 bits per heavy atom. The Hall–Kier alpha value is -3.09. The minimum absolute atomic E-state index is 0.00831. The summed E-state index contributed by atoms with van der Waals surface area (Å²) in [7, 11) is -5.38. The molecule has 1 saturated carbocycles. The van der Waals surface area contributed by atoms with Gasteiger partial charge in [-0.05, 0) is 61.4 Å². The first-order chi connectivity index (χ1) is 16.6. The van der Waals surface area contributed by atoms with Crippen LogP contribution in [-0.2, 0) is 19.9 Å². The number of benzene rings is 2. The molecule has 3 aromatic rings. The molecule has 0 unspecified atom stereocenters. The summed E-state index contributed by atoms with van der Waals surface area (Å²) in [5, 5.41) is 10.1. The van der Waals surface area contributed by atoms with Gasteiger partial charge in [0.25, 0.3) is 5.91 Å². The predicted octanol–water partition coefficient (Wildman–Crippen LogP) is 3.35. The maximum atomic E-state index is 13.0. The van der Waals surface area contributed by atoms with Gasteiger partial charge in [-0.2, -0.15) is 4.31 Å². The number of hydrogen-bond donors (Lipinski definition) is 1. The van der Waals surface area contributed by atoms with Crippen LogP contribution in [0.2, 0.25) is 0 Å². The molecule has 1 aromatic heterocycles. The molecule has 12 heteroatoms. The number of nitrogens with one attached hydrogen (secondary N) is 1. The second-order valence-corrected chi connectivity index (χ2v) is 12.5. The third-order valence-corrected chi connectivity index (χ3v) is 9.11. The minimum Gasteiger partial charge on any atom is -0.403 e. The van der Waals surface area contributed by atoms with E-state index >= 15 is 0 Å². The van der Waals surface area contributed by atoms with E-state index < -0.39 is 25.8 Å². The van der Waals surface area contributed by atoms with E-state index in [4.69, 9.17) is 4.42 Å². The summed E-state index contributed by atoms with van der Waals surface area (Å²) in [6.45, 7) is 0. The van der Waals surface area contributed by atoms with Crippen molar-refractivity contribution >= 4 is 31.8 Å². The molecular weight excluding hydrogens is 492 g/mol. The molecule has 0 spiro atoms. The van der Waals surface area contributed by atoms with Crippen LogP contribution in [-0.4, -0.2) is 56.6 Å². The number of anilines is 1. The third-order valence-electron chi connectivity index (χ3n) is 6.06. The Balaban J connectivity index is 1.43. The third kappa shape index (κ3) is 5.60. The first-order valence-corrected chi connectivity index (χ1v) is 14.4. The molecule has 1 N–H and O–H groups in total. The van der Waals surface area contributed by atoms with Crippen molar-refractivity contribution in [3.05, 3.63) is 54.1 Å². The van der Waals surface area contributed by atoms with Gasteiger partial charge in [0.1, 0.15) is 0 Å². The number of nitrogens with zero attached hydrogens (tertiary/aromatic N) is 3. The van der Waals surface area contributed by atoms with Crippen molar-refractivity contribution in [1.29, 1.82) is 0 Å². The van der Waals surface area contributed by atoms with E-state index in [2.05, 4.69) is 15.5 Å². The molecule has 1 heterocycles. The van der Waals surface area contributed by atoms with E-state index in [1.54, 1.807) is 7.05 Å². The summed E-state index contributed by atoms with van der Waals surface area (Å²) >= 11 is 0. The van der Waals surface area contributed by atoms with Gasteiger partial charge < -0.3 is 4.42 Å². The van der Waals surface area contributed by atoms with Crippen molar-refractivity contribution < 1.29 is 26.0 Å². The Bertz CT molecular complexity index is 1410. The summed E-state index contributed by atoms with van der Waals surface area (Å²) in [5.41, 5.74) is 0.712. The number of sulfone groups is 1. The quantitative estimate of drug-likeness (QED) is 0.502. The van der Waals surface area contributed by atoms with Crippen LogP contribution >= 0.6 is 0 Å². The molecule has 35 heavy (non-hydrogen) atoms. The average molecular weight is 519 g/mol. The highest BCUT2D eigenvalue weighted by atomic mass is 32.2. The van der Waals surface area contributed by atoms with Crippen LogP contribution in [0, 0.1) is 0 Å². The van der Waals surface area contributed by atoms with E-state index in [1.807, 2.05) is 0 Å². The molecule has 10 nitrogen and oxygen atoms in total. The van der Waals surface area contributed by atoms with Gasteiger partial charge in [0, 0.05) is 30.5 Å². The summed E-state index contributed by atoms with van der Waals surface area (Å²) < 4.78 is 56.0. The molecule has 1 fully saturated rings. The van der Waals surface area contributed by atoms with E-state index in [0.29, 0.717) is 5.56 Å².